The van der Waals surface area contributed by atoms with Crippen molar-refractivity contribution in [3.05, 3.63) is 89.0 Å². The highest BCUT2D eigenvalue weighted by Crippen LogP contribution is 2.50. The van der Waals surface area contributed by atoms with E-state index in [-0.39, 0.29) is 24.4 Å². The number of fused-ring (bicyclic) bond motifs is 4. The fraction of sp³-hybridized carbons (Fsp3) is 0.324. The molecule has 8 nitrogen and oxygen atoms in total. The van der Waals surface area contributed by atoms with E-state index in [1.165, 1.54) is 7.11 Å². The zero-order chi connectivity index (χ0) is 29.4. The molecule has 3 amide bonds. The lowest BCUT2D eigenvalue weighted by atomic mass is 9.69. The predicted molar refractivity (Wildman–Crippen MR) is 157 cm³/mol. The van der Waals surface area contributed by atoms with Crippen molar-refractivity contribution in [3.63, 3.8) is 0 Å². The van der Waals surface area contributed by atoms with E-state index < -0.39 is 29.7 Å². The topological polar surface area (TPSA) is 102 Å². The normalized spacial score (nSPS) is 23.8. The number of methoxy groups -OCH3 is 1. The minimum atomic E-state index is -0.944. The van der Waals surface area contributed by atoms with Gasteiger partial charge in [0.25, 0.3) is 0 Å². The van der Waals surface area contributed by atoms with Gasteiger partial charge in [-0.25, -0.2) is 4.79 Å². The maximum Gasteiger partial charge on any atom is 0.423 e. The summed E-state index contributed by atoms with van der Waals surface area (Å²) < 4.78 is 17.2. The van der Waals surface area contributed by atoms with Crippen molar-refractivity contribution in [2.75, 3.05) is 20.3 Å². The first-order chi connectivity index (χ1) is 20.4. The third-order valence-electron chi connectivity index (χ3n) is 8.66. The van der Waals surface area contributed by atoms with Crippen LogP contribution in [-0.4, -0.2) is 54.3 Å². The smallest absolute Gasteiger partial charge is 0.423 e. The number of phenols is 1. The summed E-state index contributed by atoms with van der Waals surface area (Å²) in [6.45, 7) is 2.65. The van der Waals surface area contributed by atoms with Gasteiger partial charge in [0.1, 0.15) is 18.1 Å². The highest BCUT2D eigenvalue weighted by molar-refractivity contribution is 6.16. The average Bonchev–Trinajstić information content (AvgIpc) is 3.54. The molecule has 2 fully saturated rings. The van der Waals surface area contributed by atoms with Crippen molar-refractivity contribution in [2.45, 2.75) is 32.3 Å². The number of aromatic hydroxyl groups is 1. The highest BCUT2D eigenvalue weighted by atomic mass is 16.5. The number of nitrogens with zero attached hydrogens (tertiary/aromatic N) is 1. The van der Waals surface area contributed by atoms with Crippen LogP contribution in [0.4, 0.5) is 4.79 Å². The van der Waals surface area contributed by atoms with E-state index in [1.54, 1.807) is 6.07 Å². The van der Waals surface area contributed by atoms with E-state index in [4.69, 9.17) is 14.2 Å². The molecule has 2 aliphatic heterocycles. The van der Waals surface area contributed by atoms with Gasteiger partial charge in [-0.05, 0) is 66.5 Å². The lowest BCUT2D eigenvalue weighted by Gasteiger charge is -2.31. The Labute approximate surface area is 244 Å². The van der Waals surface area contributed by atoms with Crippen LogP contribution >= 0.6 is 0 Å². The number of likely N-dealkylation sites (tertiary alicyclic amines) is 1. The first kappa shape index (κ1) is 27.7. The number of ether oxygens (including phenoxy) is 3. The first-order valence-electron chi connectivity index (χ1n) is 14.2. The molecule has 1 aliphatic carbocycles. The van der Waals surface area contributed by atoms with Gasteiger partial charge in [0, 0.05) is 11.3 Å². The van der Waals surface area contributed by atoms with Crippen molar-refractivity contribution < 1.29 is 33.7 Å². The largest absolute Gasteiger partial charge is 0.507 e. The lowest BCUT2D eigenvalue weighted by Crippen LogP contribution is -2.38. The summed E-state index contributed by atoms with van der Waals surface area (Å²) in [6, 6.07) is 20.9. The summed E-state index contributed by atoms with van der Waals surface area (Å²) in [4.78, 5) is 39.6. The second-order valence-corrected chi connectivity index (χ2v) is 11.2. The Morgan fingerprint density at radius 3 is 2.50 bits per heavy atom. The molecule has 8 heteroatoms. The van der Waals surface area contributed by atoms with Gasteiger partial charge >= 0.3 is 6.09 Å². The molecule has 2 saturated heterocycles. The third kappa shape index (κ3) is 4.96. The molecule has 0 saturated carbocycles. The van der Waals surface area contributed by atoms with Crippen LogP contribution in [0, 0.1) is 17.8 Å². The Bertz CT molecular complexity index is 1610. The number of amides is 3. The minimum Gasteiger partial charge on any atom is -0.507 e. The summed E-state index contributed by atoms with van der Waals surface area (Å²) in [7, 11) is 1.17. The van der Waals surface area contributed by atoms with Gasteiger partial charge in [0.2, 0.25) is 11.8 Å². The average molecular weight is 568 g/mol. The lowest BCUT2D eigenvalue weighted by molar-refractivity contribution is -0.137. The number of allylic oxidation sites excluding steroid dienone is 1. The zero-order valence-electron chi connectivity index (χ0n) is 23.6. The predicted octanol–water partition coefficient (Wildman–Crippen LogP) is 5.89. The van der Waals surface area contributed by atoms with Crippen LogP contribution in [0.1, 0.15) is 31.7 Å². The number of benzene rings is 3. The Morgan fingerprint density at radius 2 is 1.74 bits per heavy atom. The molecule has 0 spiro atoms. The van der Waals surface area contributed by atoms with Crippen LogP contribution < -0.4 is 4.74 Å². The number of carbonyl (C=O) groups excluding carboxylic acids is 3. The third-order valence-corrected chi connectivity index (χ3v) is 8.66. The number of rotatable bonds is 7. The van der Waals surface area contributed by atoms with Gasteiger partial charge in [0.05, 0.1) is 31.7 Å². The van der Waals surface area contributed by atoms with Gasteiger partial charge in [0.15, 0.2) is 0 Å². The van der Waals surface area contributed by atoms with E-state index in [2.05, 4.69) is 13.0 Å². The minimum absolute atomic E-state index is 0.236. The number of hydrogen-bond acceptors (Lipinski definition) is 7. The molecule has 3 aromatic rings. The highest BCUT2D eigenvalue weighted by Gasteiger charge is 2.59. The number of phenolic OH excluding ortho intramolecular Hbond substituents is 1. The molecule has 0 aromatic heterocycles. The molecule has 0 radical (unpaired) electrons. The van der Waals surface area contributed by atoms with E-state index in [1.807, 2.05) is 60.7 Å². The molecule has 0 bridgehead atoms. The van der Waals surface area contributed by atoms with Gasteiger partial charge in [-0.1, -0.05) is 60.2 Å². The molecular weight excluding hydrogens is 534 g/mol. The molecule has 3 aliphatic rings. The summed E-state index contributed by atoms with van der Waals surface area (Å²) in [5, 5.41) is 12.1. The quantitative estimate of drug-likeness (QED) is 0.281. The van der Waals surface area contributed by atoms with Crippen molar-refractivity contribution >= 4 is 34.8 Å². The van der Waals surface area contributed by atoms with Gasteiger partial charge in [-0.3, -0.25) is 9.59 Å². The molecular formula is C34H33NO7. The van der Waals surface area contributed by atoms with Crippen LogP contribution in [0.2, 0.25) is 0 Å². The molecule has 42 heavy (non-hydrogen) atoms. The Balaban J connectivity index is 1.26. The number of hydrogen-bond donors (Lipinski definition) is 1. The molecule has 216 valence electrons. The van der Waals surface area contributed by atoms with Crippen molar-refractivity contribution in [2.24, 2.45) is 17.8 Å². The molecule has 1 N–H and O–H groups in total. The Morgan fingerprint density at radius 1 is 1.00 bits per heavy atom. The van der Waals surface area contributed by atoms with Crippen LogP contribution in [0.5, 0.6) is 11.5 Å². The maximum atomic E-state index is 13.4. The zero-order valence-corrected chi connectivity index (χ0v) is 23.6. The number of imide groups is 3. The molecule has 3 aromatic carbocycles. The Kier molecular flexibility index (Phi) is 7.56. The molecule has 6 rings (SSSR count). The standard InChI is InChI=1S/C34H33NO7/c1-20(16-21-13-14-28(36)25-11-7-6-10-24(21)25)12-15-29-30-22(18-41-23-8-4-3-5-9-23)17-26-31(27(30)19-42-29)33(38)35(32(26)37)34(39)40-2/h3-11,13-14,16,26-27,29,31,36H,12,15,17-19H2,1-2H3/b20-16+/t26-,27+,29-,31-/m1/s1. The maximum absolute atomic E-state index is 13.4. The van der Waals surface area contributed by atoms with Gasteiger partial charge in [-0.2, -0.15) is 4.90 Å². The van der Waals surface area contributed by atoms with Crippen molar-refractivity contribution in [3.8, 4) is 11.5 Å². The summed E-state index contributed by atoms with van der Waals surface area (Å²) >= 11 is 0. The van der Waals surface area contributed by atoms with E-state index in [9.17, 15) is 19.5 Å². The van der Waals surface area contributed by atoms with Crippen molar-refractivity contribution in [1.29, 1.82) is 0 Å². The van der Waals surface area contributed by atoms with Gasteiger partial charge in [-0.15, -0.1) is 0 Å². The molecule has 2 heterocycles. The van der Waals surface area contributed by atoms with E-state index >= 15 is 0 Å². The Hall–Kier alpha value is -4.43. The van der Waals surface area contributed by atoms with Crippen molar-refractivity contribution in [1.82, 2.24) is 4.90 Å². The number of carbonyl (C=O) groups is 3. The first-order valence-corrected chi connectivity index (χ1v) is 14.2. The fourth-order valence-corrected chi connectivity index (χ4v) is 6.69. The molecule has 4 atom stereocenters. The van der Waals surface area contributed by atoms with Crippen LogP contribution in [0.25, 0.3) is 16.8 Å². The van der Waals surface area contributed by atoms with Gasteiger partial charge < -0.3 is 19.3 Å². The summed E-state index contributed by atoms with van der Waals surface area (Å²) in [5.41, 5.74) is 4.15. The van der Waals surface area contributed by atoms with Crippen LogP contribution in [0.3, 0.4) is 0 Å². The van der Waals surface area contributed by atoms with E-state index in [0.717, 1.165) is 39.5 Å². The van der Waals surface area contributed by atoms with Crippen LogP contribution in [-0.2, 0) is 19.1 Å². The van der Waals surface area contributed by atoms with Crippen LogP contribution in [0.15, 0.2) is 83.4 Å². The fourth-order valence-electron chi connectivity index (χ4n) is 6.69. The monoisotopic (exact) mass is 567 g/mol. The SMILES string of the molecule is COC(=O)N1C(=O)[C@@H]2[C@@H](CC(COc3ccccc3)=C3[C@@H](CC/C(C)=C/c4ccc(O)c5ccccc45)OC[C@@H]32)C1=O. The summed E-state index contributed by atoms with van der Waals surface area (Å²) in [5.74, 6) is -1.67. The summed E-state index contributed by atoms with van der Waals surface area (Å²) in [6.07, 6.45) is 2.72. The molecule has 0 unspecified atom stereocenters. The second-order valence-electron chi connectivity index (χ2n) is 11.2. The van der Waals surface area contributed by atoms with E-state index in [0.29, 0.717) is 30.1 Å². The number of para-hydroxylation sites is 1. The second kappa shape index (κ2) is 11.4.